The molecule has 1 atom stereocenters. The molecule has 0 amide bonds. The van der Waals surface area contributed by atoms with E-state index in [9.17, 15) is 4.79 Å². The number of carbonyl (C=O) groups is 1. The van der Waals surface area contributed by atoms with Gasteiger partial charge in [-0.05, 0) is 62.5 Å². The molecular formula is C30H32N4O4. The van der Waals surface area contributed by atoms with Gasteiger partial charge >= 0.3 is 5.97 Å². The highest BCUT2D eigenvalue weighted by atomic mass is 16.6. The Morgan fingerprint density at radius 1 is 1.03 bits per heavy atom. The van der Waals surface area contributed by atoms with Crippen molar-refractivity contribution in [1.82, 2.24) is 19.4 Å². The zero-order chi connectivity index (χ0) is 26.1. The number of benzene rings is 2. The van der Waals surface area contributed by atoms with Gasteiger partial charge in [0.1, 0.15) is 17.9 Å². The van der Waals surface area contributed by atoms with Gasteiger partial charge in [-0.1, -0.05) is 42.5 Å². The zero-order valence-electron chi connectivity index (χ0n) is 21.8. The number of piperidine rings is 1. The summed E-state index contributed by atoms with van der Waals surface area (Å²) in [6.45, 7) is 5.30. The summed E-state index contributed by atoms with van der Waals surface area (Å²) in [6.07, 6.45) is 1.99. The standard InChI is InChI=1S/C30H32N4O4/c1-3-36-30(35)24-13-12-23-29(32-24)33(2)27(31-23)18-34-16-14-20(15-17-34)22-10-7-11-25-28(22)37-19-26(38-25)21-8-5-4-6-9-21/h4-13,20,26H,3,14-19H2,1-2H3. The summed E-state index contributed by atoms with van der Waals surface area (Å²) in [5, 5.41) is 0. The van der Waals surface area contributed by atoms with Crippen LogP contribution in [0.15, 0.2) is 60.7 Å². The van der Waals surface area contributed by atoms with Crippen molar-refractivity contribution >= 4 is 17.1 Å². The van der Waals surface area contributed by atoms with E-state index in [-0.39, 0.29) is 6.10 Å². The molecule has 0 saturated carbocycles. The van der Waals surface area contributed by atoms with E-state index in [0.717, 1.165) is 60.9 Å². The maximum Gasteiger partial charge on any atom is 0.357 e. The summed E-state index contributed by atoms with van der Waals surface area (Å²) in [5.41, 5.74) is 4.16. The number of likely N-dealkylation sites (tertiary alicyclic amines) is 1. The van der Waals surface area contributed by atoms with Crippen LogP contribution in [0.25, 0.3) is 11.2 Å². The van der Waals surface area contributed by atoms with Gasteiger partial charge in [0, 0.05) is 12.6 Å². The fourth-order valence-corrected chi connectivity index (χ4v) is 5.45. The Hall–Kier alpha value is -3.91. The van der Waals surface area contributed by atoms with Gasteiger partial charge in [0.15, 0.2) is 28.9 Å². The van der Waals surface area contributed by atoms with Crippen LogP contribution >= 0.6 is 0 Å². The van der Waals surface area contributed by atoms with Crippen molar-refractivity contribution in [3.63, 3.8) is 0 Å². The summed E-state index contributed by atoms with van der Waals surface area (Å²) >= 11 is 0. The third-order valence-electron chi connectivity index (χ3n) is 7.51. The fraction of sp³-hybridized carbons (Fsp3) is 0.367. The number of rotatable bonds is 6. The lowest BCUT2D eigenvalue weighted by Gasteiger charge is -2.34. The van der Waals surface area contributed by atoms with Gasteiger partial charge in [-0.2, -0.15) is 0 Å². The number of pyridine rings is 1. The van der Waals surface area contributed by atoms with Gasteiger partial charge in [-0.3, -0.25) is 4.90 Å². The molecule has 2 aromatic carbocycles. The van der Waals surface area contributed by atoms with E-state index < -0.39 is 5.97 Å². The van der Waals surface area contributed by atoms with Crippen LogP contribution in [0.4, 0.5) is 0 Å². The lowest BCUT2D eigenvalue weighted by molar-refractivity contribution is 0.0520. The van der Waals surface area contributed by atoms with E-state index in [1.807, 2.05) is 41.9 Å². The minimum absolute atomic E-state index is 0.0862. The molecule has 2 aliphatic heterocycles. The highest BCUT2D eigenvalue weighted by molar-refractivity contribution is 5.89. The zero-order valence-corrected chi connectivity index (χ0v) is 21.8. The lowest BCUT2D eigenvalue weighted by Crippen LogP contribution is -2.33. The van der Waals surface area contributed by atoms with Crippen molar-refractivity contribution in [2.24, 2.45) is 7.05 Å². The molecule has 196 valence electrons. The number of imidazole rings is 1. The summed E-state index contributed by atoms with van der Waals surface area (Å²) in [7, 11) is 1.95. The number of hydrogen-bond acceptors (Lipinski definition) is 7. The summed E-state index contributed by atoms with van der Waals surface area (Å²) < 4.78 is 19.7. The van der Waals surface area contributed by atoms with Crippen molar-refractivity contribution in [3.05, 3.63) is 83.3 Å². The molecule has 8 heteroatoms. The molecule has 2 aromatic heterocycles. The maximum atomic E-state index is 12.1. The van der Waals surface area contributed by atoms with Crippen LogP contribution in [0.2, 0.25) is 0 Å². The Labute approximate surface area is 222 Å². The molecule has 1 saturated heterocycles. The number of hydrogen-bond donors (Lipinski definition) is 0. The maximum absolute atomic E-state index is 12.1. The third kappa shape index (κ3) is 4.72. The summed E-state index contributed by atoms with van der Waals surface area (Å²) in [5.74, 6) is 2.68. The molecule has 38 heavy (non-hydrogen) atoms. The predicted octanol–water partition coefficient (Wildman–Crippen LogP) is 5.04. The molecule has 0 radical (unpaired) electrons. The summed E-state index contributed by atoms with van der Waals surface area (Å²) in [6, 6.07) is 20.0. The van der Waals surface area contributed by atoms with Crippen LogP contribution in [0, 0.1) is 0 Å². The second kappa shape index (κ2) is 10.5. The van der Waals surface area contributed by atoms with Crippen molar-refractivity contribution in [2.45, 2.75) is 38.3 Å². The van der Waals surface area contributed by atoms with Crippen LogP contribution in [0.3, 0.4) is 0 Å². The first-order chi connectivity index (χ1) is 18.6. The van der Waals surface area contributed by atoms with Crippen LogP contribution in [0.1, 0.15) is 59.2 Å². The highest BCUT2D eigenvalue weighted by Gasteiger charge is 2.29. The van der Waals surface area contributed by atoms with Gasteiger partial charge in [-0.25, -0.2) is 14.8 Å². The normalized spacial score (nSPS) is 18.0. The third-order valence-corrected chi connectivity index (χ3v) is 7.51. The monoisotopic (exact) mass is 512 g/mol. The molecular weight excluding hydrogens is 480 g/mol. The van der Waals surface area contributed by atoms with Crippen LogP contribution in [0.5, 0.6) is 11.5 Å². The van der Waals surface area contributed by atoms with Gasteiger partial charge in [-0.15, -0.1) is 0 Å². The topological polar surface area (TPSA) is 78.7 Å². The van der Waals surface area contributed by atoms with Crippen LogP contribution in [-0.2, 0) is 18.3 Å². The number of fused-ring (bicyclic) bond motifs is 2. The van der Waals surface area contributed by atoms with Crippen molar-refractivity contribution in [2.75, 3.05) is 26.3 Å². The molecule has 1 unspecified atom stereocenters. The average Bonchev–Trinajstić information content (AvgIpc) is 3.27. The van der Waals surface area contributed by atoms with Gasteiger partial charge in [0.2, 0.25) is 0 Å². The highest BCUT2D eigenvalue weighted by Crippen LogP contribution is 2.44. The van der Waals surface area contributed by atoms with Gasteiger partial charge in [0.05, 0.1) is 13.2 Å². The smallest absolute Gasteiger partial charge is 0.357 e. The van der Waals surface area contributed by atoms with E-state index in [4.69, 9.17) is 19.2 Å². The Bertz CT molecular complexity index is 1440. The largest absolute Gasteiger partial charge is 0.485 e. The van der Waals surface area contributed by atoms with E-state index >= 15 is 0 Å². The number of aromatic nitrogens is 3. The second-order valence-electron chi connectivity index (χ2n) is 9.90. The first kappa shape index (κ1) is 24.4. The number of aryl methyl sites for hydroxylation is 1. The first-order valence-corrected chi connectivity index (χ1v) is 13.3. The Kier molecular flexibility index (Phi) is 6.72. The number of para-hydroxylation sites is 1. The van der Waals surface area contributed by atoms with Crippen molar-refractivity contribution in [3.8, 4) is 11.5 Å². The van der Waals surface area contributed by atoms with E-state index in [2.05, 4.69) is 34.1 Å². The number of esters is 1. The number of carbonyl (C=O) groups excluding carboxylic acids is 1. The number of ether oxygens (including phenoxy) is 3. The van der Waals surface area contributed by atoms with Gasteiger partial charge < -0.3 is 18.8 Å². The SMILES string of the molecule is CCOC(=O)c1ccc2nc(CN3CCC(c4cccc5c4OCC(c4ccccc4)O5)CC3)n(C)c2n1. The van der Waals surface area contributed by atoms with Crippen molar-refractivity contribution < 1.29 is 19.0 Å². The average molecular weight is 513 g/mol. The molecule has 1 fully saturated rings. The molecule has 4 heterocycles. The van der Waals surface area contributed by atoms with E-state index in [1.54, 1.807) is 13.0 Å². The molecule has 4 aromatic rings. The quantitative estimate of drug-likeness (QED) is 0.335. The Morgan fingerprint density at radius 2 is 1.84 bits per heavy atom. The minimum atomic E-state index is -0.410. The predicted molar refractivity (Wildman–Crippen MR) is 143 cm³/mol. The van der Waals surface area contributed by atoms with E-state index in [1.165, 1.54) is 5.56 Å². The lowest BCUT2D eigenvalue weighted by atomic mass is 9.88. The fourth-order valence-electron chi connectivity index (χ4n) is 5.45. The molecule has 0 aliphatic carbocycles. The molecule has 0 N–H and O–H groups in total. The molecule has 0 spiro atoms. The Balaban J connectivity index is 1.12. The Morgan fingerprint density at radius 3 is 2.63 bits per heavy atom. The first-order valence-electron chi connectivity index (χ1n) is 13.3. The molecule has 0 bridgehead atoms. The van der Waals surface area contributed by atoms with E-state index in [0.29, 0.717) is 30.5 Å². The van der Waals surface area contributed by atoms with Crippen LogP contribution in [-0.4, -0.2) is 51.7 Å². The molecule has 2 aliphatic rings. The van der Waals surface area contributed by atoms with Crippen LogP contribution < -0.4 is 9.47 Å². The minimum Gasteiger partial charge on any atom is -0.485 e. The molecule has 8 nitrogen and oxygen atoms in total. The molecule has 6 rings (SSSR count). The summed E-state index contributed by atoms with van der Waals surface area (Å²) in [4.78, 5) is 23.8. The van der Waals surface area contributed by atoms with Crippen molar-refractivity contribution in [1.29, 1.82) is 0 Å². The number of nitrogens with zero attached hydrogens (tertiary/aromatic N) is 4. The second-order valence-corrected chi connectivity index (χ2v) is 9.90. The van der Waals surface area contributed by atoms with Gasteiger partial charge in [0.25, 0.3) is 0 Å².